The van der Waals surface area contributed by atoms with Gasteiger partial charge in [-0.3, -0.25) is 4.79 Å². The van der Waals surface area contributed by atoms with Crippen molar-refractivity contribution in [2.24, 2.45) is 11.8 Å². The number of piperidine rings is 1. The number of anilines is 1. The maximum Gasteiger partial charge on any atom is 0.287 e. The van der Waals surface area contributed by atoms with Gasteiger partial charge in [0.2, 0.25) is 0 Å². The van der Waals surface area contributed by atoms with Gasteiger partial charge in [0.05, 0.1) is 17.9 Å². The molecule has 2 atom stereocenters. The van der Waals surface area contributed by atoms with Gasteiger partial charge >= 0.3 is 0 Å². The summed E-state index contributed by atoms with van der Waals surface area (Å²) in [5, 5.41) is 4.54. The second-order valence-corrected chi connectivity index (χ2v) is 6.42. The summed E-state index contributed by atoms with van der Waals surface area (Å²) in [6.07, 6.45) is 2.96. The fourth-order valence-electron chi connectivity index (χ4n) is 2.88. The molecule has 0 amide bonds. The van der Waals surface area contributed by atoms with Crippen LogP contribution in [0.5, 0.6) is 0 Å². The molecule has 2 rings (SSSR count). The quantitative estimate of drug-likeness (QED) is 0.837. The Bertz CT molecular complexity index is 502. The highest BCUT2D eigenvalue weighted by atomic mass is 35.5. The van der Waals surface area contributed by atoms with Crippen molar-refractivity contribution < 1.29 is 0 Å². The van der Waals surface area contributed by atoms with Gasteiger partial charge in [-0.25, -0.2) is 4.68 Å². The Morgan fingerprint density at radius 2 is 1.89 bits per heavy atom. The van der Waals surface area contributed by atoms with E-state index in [4.69, 9.17) is 11.6 Å². The lowest BCUT2D eigenvalue weighted by molar-refractivity contribution is 0.356. The predicted molar refractivity (Wildman–Crippen MR) is 79.1 cm³/mol. The smallest absolute Gasteiger partial charge is 0.287 e. The minimum Gasteiger partial charge on any atom is -0.368 e. The van der Waals surface area contributed by atoms with Crippen LogP contribution in [0.1, 0.15) is 40.2 Å². The highest BCUT2D eigenvalue weighted by Crippen LogP contribution is 2.29. The van der Waals surface area contributed by atoms with Crippen LogP contribution >= 0.6 is 11.6 Å². The average molecular weight is 284 g/mol. The molecule has 19 heavy (non-hydrogen) atoms. The van der Waals surface area contributed by atoms with Gasteiger partial charge in [-0.05, 0) is 32.1 Å². The molecule has 0 aliphatic carbocycles. The molecule has 2 heterocycles. The van der Waals surface area contributed by atoms with Crippen molar-refractivity contribution in [1.82, 2.24) is 9.78 Å². The van der Waals surface area contributed by atoms with Gasteiger partial charge in [0.25, 0.3) is 5.56 Å². The number of nitrogens with zero attached hydrogens (tertiary/aromatic N) is 3. The second kappa shape index (κ2) is 5.53. The molecule has 106 valence electrons. The van der Waals surface area contributed by atoms with E-state index < -0.39 is 0 Å². The van der Waals surface area contributed by atoms with E-state index in [0.717, 1.165) is 18.8 Å². The van der Waals surface area contributed by atoms with Crippen LogP contribution < -0.4 is 10.5 Å². The van der Waals surface area contributed by atoms with Crippen molar-refractivity contribution in [3.05, 3.63) is 21.6 Å². The summed E-state index contributed by atoms with van der Waals surface area (Å²) >= 11 is 6.26. The van der Waals surface area contributed by atoms with E-state index in [0.29, 0.717) is 16.9 Å². The highest BCUT2D eigenvalue weighted by molar-refractivity contribution is 6.33. The van der Waals surface area contributed by atoms with Gasteiger partial charge in [-0.15, -0.1) is 0 Å². The van der Waals surface area contributed by atoms with Crippen molar-refractivity contribution in [1.29, 1.82) is 0 Å². The third-order valence-electron chi connectivity index (χ3n) is 3.62. The molecule has 1 aromatic heterocycles. The summed E-state index contributed by atoms with van der Waals surface area (Å²) in [6.45, 7) is 10.2. The minimum atomic E-state index is -0.194. The summed E-state index contributed by atoms with van der Waals surface area (Å²) in [7, 11) is 0. The first-order valence-corrected chi connectivity index (χ1v) is 7.30. The summed E-state index contributed by atoms with van der Waals surface area (Å²) in [5.74, 6) is 1.24. The fourth-order valence-corrected chi connectivity index (χ4v) is 3.14. The molecule has 0 spiro atoms. The van der Waals surface area contributed by atoms with E-state index in [2.05, 4.69) is 23.8 Å². The van der Waals surface area contributed by atoms with Crippen LogP contribution in [0.25, 0.3) is 0 Å². The van der Waals surface area contributed by atoms with Gasteiger partial charge in [0.1, 0.15) is 5.02 Å². The maximum atomic E-state index is 12.2. The lowest BCUT2D eigenvalue weighted by atomic mass is 9.92. The van der Waals surface area contributed by atoms with Crippen LogP contribution in [0.2, 0.25) is 5.02 Å². The Kier molecular flexibility index (Phi) is 4.19. The van der Waals surface area contributed by atoms with Crippen molar-refractivity contribution in [3.8, 4) is 0 Å². The van der Waals surface area contributed by atoms with Crippen LogP contribution in [0.3, 0.4) is 0 Å². The third-order valence-corrected chi connectivity index (χ3v) is 3.98. The van der Waals surface area contributed by atoms with Crippen LogP contribution in [0, 0.1) is 11.8 Å². The molecule has 1 aliphatic heterocycles. The molecule has 1 aliphatic rings. The molecule has 0 bridgehead atoms. The molecule has 1 fully saturated rings. The summed E-state index contributed by atoms with van der Waals surface area (Å²) in [4.78, 5) is 14.4. The molecule has 0 aromatic carbocycles. The van der Waals surface area contributed by atoms with E-state index in [9.17, 15) is 4.79 Å². The van der Waals surface area contributed by atoms with Gasteiger partial charge in [0.15, 0.2) is 0 Å². The Labute approximate surface area is 119 Å². The zero-order valence-electron chi connectivity index (χ0n) is 12.1. The molecule has 0 saturated carbocycles. The molecule has 5 heteroatoms. The van der Waals surface area contributed by atoms with Crippen molar-refractivity contribution >= 4 is 17.3 Å². The van der Waals surface area contributed by atoms with Crippen LogP contribution in [0.15, 0.2) is 11.0 Å². The standard InChI is InChI=1S/C14H22ClN3O/c1-9(2)18-14(19)13(15)12(6-16-18)17-7-10(3)5-11(4)8-17/h6,9-11H,5,7-8H2,1-4H3. The Morgan fingerprint density at radius 1 is 1.32 bits per heavy atom. The minimum absolute atomic E-state index is 0.0262. The molecular weight excluding hydrogens is 262 g/mol. The zero-order valence-corrected chi connectivity index (χ0v) is 12.8. The van der Waals surface area contributed by atoms with Crippen LogP contribution in [-0.2, 0) is 0 Å². The molecular formula is C14H22ClN3O. The summed E-state index contributed by atoms with van der Waals surface area (Å²) < 4.78 is 1.43. The summed E-state index contributed by atoms with van der Waals surface area (Å²) in [6, 6.07) is 0.0262. The van der Waals surface area contributed by atoms with E-state index >= 15 is 0 Å². The normalized spacial score (nSPS) is 24.0. The van der Waals surface area contributed by atoms with Crippen LogP contribution in [-0.4, -0.2) is 22.9 Å². The second-order valence-electron chi connectivity index (χ2n) is 6.04. The molecule has 2 unspecified atom stereocenters. The topological polar surface area (TPSA) is 38.1 Å². The lowest BCUT2D eigenvalue weighted by Gasteiger charge is -2.36. The first-order valence-electron chi connectivity index (χ1n) is 6.92. The number of aromatic nitrogens is 2. The zero-order chi connectivity index (χ0) is 14.2. The van der Waals surface area contributed by atoms with E-state index in [1.165, 1.54) is 11.1 Å². The lowest BCUT2D eigenvalue weighted by Crippen LogP contribution is -2.40. The van der Waals surface area contributed by atoms with Gasteiger partial charge in [-0.2, -0.15) is 5.10 Å². The van der Waals surface area contributed by atoms with Crippen molar-refractivity contribution in [3.63, 3.8) is 0 Å². The first kappa shape index (κ1) is 14.4. The van der Waals surface area contributed by atoms with Crippen LogP contribution in [0.4, 0.5) is 5.69 Å². The average Bonchev–Trinajstić information content (AvgIpc) is 2.30. The van der Waals surface area contributed by atoms with Crippen molar-refractivity contribution in [2.45, 2.75) is 40.2 Å². The van der Waals surface area contributed by atoms with E-state index in [1.54, 1.807) is 6.20 Å². The number of halogens is 1. The highest BCUT2D eigenvalue weighted by Gasteiger charge is 2.25. The number of hydrogen-bond acceptors (Lipinski definition) is 3. The predicted octanol–water partition coefficient (Wildman–Crippen LogP) is 2.96. The van der Waals surface area contributed by atoms with Gasteiger partial charge in [0, 0.05) is 13.1 Å². The number of hydrogen-bond donors (Lipinski definition) is 0. The Morgan fingerprint density at radius 3 is 2.42 bits per heavy atom. The third kappa shape index (κ3) is 2.94. The Hall–Kier alpha value is -1.03. The molecule has 0 radical (unpaired) electrons. The largest absolute Gasteiger partial charge is 0.368 e. The number of rotatable bonds is 2. The maximum absolute atomic E-state index is 12.2. The Balaban J connectivity index is 2.36. The SMILES string of the molecule is CC1CC(C)CN(c2cnn(C(C)C)c(=O)c2Cl)C1. The van der Waals surface area contributed by atoms with E-state index in [-0.39, 0.29) is 11.6 Å². The van der Waals surface area contributed by atoms with Crippen molar-refractivity contribution in [2.75, 3.05) is 18.0 Å². The fraction of sp³-hybridized carbons (Fsp3) is 0.714. The van der Waals surface area contributed by atoms with E-state index in [1.807, 2.05) is 13.8 Å². The molecule has 1 aromatic rings. The first-order chi connectivity index (χ1) is 8.90. The van der Waals surface area contributed by atoms with Gasteiger partial charge in [-0.1, -0.05) is 25.4 Å². The van der Waals surface area contributed by atoms with Gasteiger partial charge < -0.3 is 4.90 Å². The monoisotopic (exact) mass is 283 g/mol. The molecule has 0 N–H and O–H groups in total. The molecule has 4 nitrogen and oxygen atoms in total. The molecule has 1 saturated heterocycles. The summed E-state index contributed by atoms with van der Waals surface area (Å²) in [5.41, 5.74) is 0.585.